The minimum atomic E-state index is -0.735. The molecule has 2 rings (SSSR count). The zero-order valence-corrected chi connectivity index (χ0v) is 18.8. The summed E-state index contributed by atoms with van der Waals surface area (Å²) in [6.45, 7) is 9.73. The van der Waals surface area contributed by atoms with Gasteiger partial charge in [-0.2, -0.15) is 0 Å². The molecule has 0 radical (unpaired) electrons. The lowest BCUT2D eigenvalue weighted by molar-refractivity contribution is 0.187. The zero-order chi connectivity index (χ0) is 18.8. The standard InChI is InChI=1S/C20H33FN4O.HI/c1-3-22-20(23-11-4-12-25-13-9-16(2)10-14-25)24-15-19(26)17-5-7-18(21)8-6-17;/h5-8,16,19,26H,3-4,9-15H2,1-2H3,(H2,22,23,24);1H. The molecule has 1 saturated heterocycles. The van der Waals surface area contributed by atoms with Crippen molar-refractivity contribution >= 4 is 29.9 Å². The van der Waals surface area contributed by atoms with Crippen LogP contribution in [0.3, 0.4) is 0 Å². The topological polar surface area (TPSA) is 59.9 Å². The van der Waals surface area contributed by atoms with E-state index in [0.29, 0.717) is 11.5 Å². The summed E-state index contributed by atoms with van der Waals surface area (Å²) in [6, 6.07) is 5.89. The van der Waals surface area contributed by atoms with Crippen LogP contribution in [0.5, 0.6) is 0 Å². The Balaban J connectivity index is 0.00000364. The molecule has 1 aromatic carbocycles. The van der Waals surface area contributed by atoms with Crippen molar-refractivity contribution in [2.24, 2.45) is 10.9 Å². The van der Waals surface area contributed by atoms with Crippen molar-refractivity contribution in [2.75, 3.05) is 39.3 Å². The molecule has 0 saturated carbocycles. The molecule has 1 aromatic rings. The third-order valence-electron chi connectivity index (χ3n) is 4.84. The van der Waals surface area contributed by atoms with Crippen LogP contribution >= 0.6 is 24.0 Å². The summed E-state index contributed by atoms with van der Waals surface area (Å²) >= 11 is 0. The predicted octanol–water partition coefficient (Wildman–Crippen LogP) is 3.15. The number of hydrogen-bond acceptors (Lipinski definition) is 3. The van der Waals surface area contributed by atoms with Gasteiger partial charge >= 0.3 is 0 Å². The molecule has 27 heavy (non-hydrogen) atoms. The number of aliphatic hydroxyl groups excluding tert-OH is 1. The monoisotopic (exact) mass is 492 g/mol. The van der Waals surface area contributed by atoms with E-state index in [1.165, 1.54) is 38.1 Å². The van der Waals surface area contributed by atoms with Crippen LogP contribution in [0.25, 0.3) is 0 Å². The van der Waals surface area contributed by atoms with Gasteiger partial charge in [0.15, 0.2) is 5.96 Å². The van der Waals surface area contributed by atoms with Crippen LogP contribution in [0.4, 0.5) is 4.39 Å². The highest BCUT2D eigenvalue weighted by Gasteiger charge is 2.14. The summed E-state index contributed by atoms with van der Waals surface area (Å²) in [6.07, 6.45) is 2.94. The number of aliphatic imine (C=N–C) groups is 1. The fourth-order valence-electron chi connectivity index (χ4n) is 3.10. The van der Waals surface area contributed by atoms with E-state index in [4.69, 9.17) is 0 Å². The maximum absolute atomic E-state index is 13.0. The quantitative estimate of drug-likeness (QED) is 0.226. The van der Waals surface area contributed by atoms with Gasteiger partial charge in [-0.05, 0) is 69.4 Å². The molecule has 0 spiro atoms. The molecule has 1 aliphatic heterocycles. The van der Waals surface area contributed by atoms with Crippen molar-refractivity contribution in [2.45, 2.75) is 39.2 Å². The van der Waals surface area contributed by atoms with Crippen LogP contribution in [0, 0.1) is 11.7 Å². The number of nitrogens with zero attached hydrogens (tertiary/aromatic N) is 2. The molecule has 3 N–H and O–H groups in total. The lowest BCUT2D eigenvalue weighted by Crippen LogP contribution is -2.40. The second kappa shape index (κ2) is 13.3. The summed E-state index contributed by atoms with van der Waals surface area (Å²) in [5.74, 6) is 1.27. The Morgan fingerprint density at radius 1 is 1.26 bits per heavy atom. The highest BCUT2D eigenvalue weighted by molar-refractivity contribution is 14.0. The van der Waals surface area contributed by atoms with Crippen LogP contribution in [0.15, 0.2) is 29.3 Å². The summed E-state index contributed by atoms with van der Waals surface area (Å²) in [5.41, 5.74) is 0.672. The molecular formula is C20H34FIN4O. The maximum Gasteiger partial charge on any atom is 0.191 e. The zero-order valence-electron chi connectivity index (χ0n) is 16.5. The Morgan fingerprint density at radius 2 is 1.93 bits per heavy atom. The van der Waals surface area contributed by atoms with Gasteiger partial charge in [-0.15, -0.1) is 24.0 Å². The molecule has 0 amide bonds. The molecule has 0 aliphatic carbocycles. The number of hydrogen-bond donors (Lipinski definition) is 3. The van der Waals surface area contributed by atoms with Crippen molar-refractivity contribution in [3.63, 3.8) is 0 Å². The third-order valence-corrected chi connectivity index (χ3v) is 4.84. The lowest BCUT2D eigenvalue weighted by Gasteiger charge is -2.30. The molecule has 154 valence electrons. The van der Waals surface area contributed by atoms with Crippen LogP contribution in [-0.4, -0.2) is 55.2 Å². The van der Waals surface area contributed by atoms with E-state index >= 15 is 0 Å². The van der Waals surface area contributed by atoms with E-state index < -0.39 is 6.10 Å². The molecule has 1 heterocycles. The number of rotatable bonds is 8. The van der Waals surface area contributed by atoms with E-state index in [0.717, 1.165) is 32.0 Å². The van der Waals surface area contributed by atoms with Gasteiger partial charge in [0.2, 0.25) is 0 Å². The summed E-state index contributed by atoms with van der Waals surface area (Å²) in [7, 11) is 0. The minimum Gasteiger partial charge on any atom is -0.386 e. The Morgan fingerprint density at radius 3 is 2.56 bits per heavy atom. The van der Waals surface area contributed by atoms with Crippen molar-refractivity contribution < 1.29 is 9.50 Å². The third kappa shape index (κ3) is 9.21. The number of piperidine rings is 1. The van der Waals surface area contributed by atoms with Crippen molar-refractivity contribution in [1.29, 1.82) is 0 Å². The van der Waals surface area contributed by atoms with E-state index in [-0.39, 0.29) is 36.3 Å². The highest BCUT2D eigenvalue weighted by Crippen LogP contribution is 2.16. The lowest BCUT2D eigenvalue weighted by atomic mass is 9.99. The molecule has 1 unspecified atom stereocenters. The summed E-state index contributed by atoms with van der Waals surface area (Å²) in [5, 5.41) is 16.7. The van der Waals surface area contributed by atoms with Crippen molar-refractivity contribution in [3.8, 4) is 0 Å². The first-order valence-corrected chi connectivity index (χ1v) is 9.76. The first-order chi connectivity index (χ1) is 12.6. The van der Waals surface area contributed by atoms with Gasteiger partial charge in [0.1, 0.15) is 5.82 Å². The van der Waals surface area contributed by atoms with Gasteiger partial charge in [0.05, 0.1) is 12.6 Å². The Kier molecular flexibility index (Phi) is 11.9. The van der Waals surface area contributed by atoms with E-state index in [1.54, 1.807) is 12.1 Å². The van der Waals surface area contributed by atoms with Crippen LogP contribution in [0.1, 0.15) is 44.8 Å². The average Bonchev–Trinajstić information content (AvgIpc) is 2.65. The molecule has 5 nitrogen and oxygen atoms in total. The van der Waals surface area contributed by atoms with E-state index in [2.05, 4.69) is 27.4 Å². The smallest absolute Gasteiger partial charge is 0.191 e. The van der Waals surface area contributed by atoms with Crippen LogP contribution in [0.2, 0.25) is 0 Å². The second-order valence-electron chi connectivity index (χ2n) is 7.09. The van der Waals surface area contributed by atoms with Gasteiger partial charge in [-0.25, -0.2) is 4.39 Å². The molecule has 0 bridgehead atoms. The van der Waals surface area contributed by atoms with Gasteiger partial charge in [-0.3, -0.25) is 4.99 Å². The second-order valence-corrected chi connectivity index (χ2v) is 7.09. The Hall–Kier alpha value is -0.930. The molecule has 1 atom stereocenters. The Bertz CT molecular complexity index is 547. The molecule has 7 heteroatoms. The first-order valence-electron chi connectivity index (χ1n) is 9.76. The number of likely N-dealkylation sites (tertiary alicyclic amines) is 1. The van der Waals surface area contributed by atoms with Crippen LogP contribution in [-0.2, 0) is 0 Å². The van der Waals surface area contributed by atoms with Gasteiger partial charge in [0.25, 0.3) is 0 Å². The number of nitrogens with one attached hydrogen (secondary N) is 2. The van der Waals surface area contributed by atoms with Gasteiger partial charge in [-0.1, -0.05) is 19.1 Å². The molecule has 1 aliphatic rings. The SMILES string of the molecule is CCNC(=NCC(O)c1ccc(F)cc1)NCCCN1CCC(C)CC1.I. The maximum atomic E-state index is 13.0. The molecule has 1 fully saturated rings. The fourth-order valence-corrected chi connectivity index (χ4v) is 3.10. The summed E-state index contributed by atoms with van der Waals surface area (Å²) in [4.78, 5) is 6.98. The fraction of sp³-hybridized carbons (Fsp3) is 0.650. The Labute approximate surface area is 179 Å². The summed E-state index contributed by atoms with van der Waals surface area (Å²) < 4.78 is 13.0. The number of aliphatic hydroxyl groups is 1. The van der Waals surface area contributed by atoms with E-state index in [1.807, 2.05) is 6.92 Å². The number of guanidine groups is 1. The van der Waals surface area contributed by atoms with Crippen molar-refractivity contribution in [3.05, 3.63) is 35.6 Å². The van der Waals surface area contributed by atoms with Gasteiger partial charge in [0, 0.05) is 13.1 Å². The number of halogens is 2. The number of benzene rings is 1. The average molecular weight is 492 g/mol. The van der Waals surface area contributed by atoms with Gasteiger partial charge < -0.3 is 20.6 Å². The predicted molar refractivity (Wildman–Crippen MR) is 120 cm³/mol. The molecule has 0 aromatic heterocycles. The minimum absolute atomic E-state index is 0. The normalized spacial score (nSPS) is 17.3. The van der Waals surface area contributed by atoms with Crippen LogP contribution < -0.4 is 10.6 Å². The highest BCUT2D eigenvalue weighted by atomic mass is 127. The first kappa shape index (κ1) is 24.1. The largest absolute Gasteiger partial charge is 0.386 e. The van der Waals surface area contributed by atoms with Crippen molar-refractivity contribution in [1.82, 2.24) is 15.5 Å². The van der Waals surface area contributed by atoms with E-state index in [9.17, 15) is 9.50 Å². The molecular weight excluding hydrogens is 458 g/mol.